The molecule has 0 spiro atoms. The minimum Gasteiger partial charge on any atom is -0.370 e. The van der Waals surface area contributed by atoms with Crippen molar-refractivity contribution in [1.82, 2.24) is 0 Å². The molecule has 0 aromatic heterocycles. The Bertz CT molecular complexity index is 212. The number of hydrogen-bond donors (Lipinski definition) is 3. The normalized spacial score (nSPS) is 12.3. The third-order valence-corrected chi connectivity index (χ3v) is 3.17. The average Bonchev–Trinajstić information content (AvgIpc) is 2.13. The monoisotopic (exact) mass is 233 g/mol. The summed E-state index contributed by atoms with van der Waals surface area (Å²) in [7, 11) is 0. The van der Waals surface area contributed by atoms with Crippen molar-refractivity contribution >= 4 is 23.6 Å². The second-order valence-electron chi connectivity index (χ2n) is 3.43. The lowest BCUT2D eigenvalue weighted by molar-refractivity contribution is -0.118. The van der Waals surface area contributed by atoms with Gasteiger partial charge in [-0.15, -0.1) is 0 Å². The number of carbonyl (C=O) groups excluding carboxylic acids is 2. The highest BCUT2D eigenvalue weighted by Gasteiger charge is 2.10. The van der Waals surface area contributed by atoms with Crippen LogP contribution in [0.15, 0.2) is 0 Å². The van der Waals surface area contributed by atoms with Crippen LogP contribution in [0, 0.1) is 5.92 Å². The summed E-state index contributed by atoms with van der Waals surface area (Å²) >= 11 is 1.48. The maximum atomic E-state index is 10.6. The first-order valence-electron chi connectivity index (χ1n) is 4.90. The van der Waals surface area contributed by atoms with Crippen molar-refractivity contribution < 1.29 is 9.59 Å². The Hall–Kier alpha value is -0.750. The van der Waals surface area contributed by atoms with Gasteiger partial charge in [0.25, 0.3) is 0 Å². The van der Waals surface area contributed by atoms with Crippen molar-refractivity contribution in [3.8, 4) is 0 Å². The van der Waals surface area contributed by atoms with Crippen molar-refractivity contribution in [3.05, 3.63) is 0 Å². The van der Waals surface area contributed by atoms with Gasteiger partial charge >= 0.3 is 0 Å². The summed E-state index contributed by atoms with van der Waals surface area (Å²) in [6, 6.07) is 0. The molecule has 0 bridgehead atoms. The standard InChI is InChI=1S/C9H19N3O2S/c10-4-3-7(1-2-8(11)13)5-15-6-9(12)14/h7H,1-6,10H2,(H2,11,13)(H2,12,14)/t7-/m1/s1. The SMILES string of the molecule is NCC[C@@H](CCC(N)=O)CSCC(N)=O. The van der Waals surface area contributed by atoms with E-state index in [4.69, 9.17) is 17.2 Å². The van der Waals surface area contributed by atoms with Gasteiger partial charge in [-0.3, -0.25) is 9.59 Å². The van der Waals surface area contributed by atoms with Gasteiger partial charge in [-0.25, -0.2) is 0 Å². The van der Waals surface area contributed by atoms with Crippen LogP contribution in [0.25, 0.3) is 0 Å². The molecule has 0 aromatic rings. The molecule has 15 heavy (non-hydrogen) atoms. The van der Waals surface area contributed by atoms with Crippen LogP contribution in [0.2, 0.25) is 0 Å². The number of carbonyl (C=O) groups is 2. The first-order chi connectivity index (χ1) is 7.06. The van der Waals surface area contributed by atoms with Crippen LogP contribution in [0.3, 0.4) is 0 Å². The molecule has 5 nitrogen and oxygen atoms in total. The van der Waals surface area contributed by atoms with Crippen LogP contribution in [0.5, 0.6) is 0 Å². The fraction of sp³-hybridized carbons (Fsp3) is 0.778. The molecule has 0 aliphatic rings. The molecule has 88 valence electrons. The molecule has 0 saturated carbocycles. The van der Waals surface area contributed by atoms with Crippen LogP contribution < -0.4 is 17.2 Å². The molecular formula is C9H19N3O2S. The van der Waals surface area contributed by atoms with E-state index >= 15 is 0 Å². The molecule has 0 fully saturated rings. The van der Waals surface area contributed by atoms with Crippen molar-refractivity contribution in [2.24, 2.45) is 23.1 Å². The lowest BCUT2D eigenvalue weighted by atomic mass is 10.0. The molecule has 6 N–H and O–H groups in total. The molecule has 0 saturated heterocycles. The van der Waals surface area contributed by atoms with Crippen molar-refractivity contribution in [1.29, 1.82) is 0 Å². The molecule has 0 heterocycles. The largest absolute Gasteiger partial charge is 0.370 e. The van der Waals surface area contributed by atoms with Gasteiger partial charge < -0.3 is 17.2 Å². The van der Waals surface area contributed by atoms with E-state index in [2.05, 4.69) is 0 Å². The highest BCUT2D eigenvalue weighted by molar-refractivity contribution is 7.99. The number of hydrogen-bond acceptors (Lipinski definition) is 4. The molecule has 0 unspecified atom stereocenters. The molecule has 0 aromatic carbocycles. The summed E-state index contributed by atoms with van der Waals surface area (Å²) in [4.78, 5) is 21.1. The Balaban J connectivity index is 3.71. The fourth-order valence-electron chi connectivity index (χ4n) is 1.22. The number of amides is 2. The van der Waals surface area contributed by atoms with Crippen LogP contribution >= 0.6 is 11.8 Å². The van der Waals surface area contributed by atoms with Crippen molar-refractivity contribution in [2.75, 3.05) is 18.1 Å². The van der Waals surface area contributed by atoms with Crippen LogP contribution in [-0.2, 0) is 9.59 Å². The van der Waals surface area contributed by atoms with E-state index in [1.807, 2.05) is 0 Å². The second kappa shape index (κ2) is 8.55. The van der Waals surface area contributed by atoms with Crippen molar-refractivity contribution in [2.45, 2.75) is 19.3 Å². The quantitative estimate of drug-likeness (QED) is 0.495. The maximum absolute atomic E-state index is 10.6. The average molecular weight is 233 g/mol. The lowest BCUT2D eigenvalue weighted by Crippen LogP contribution is -2.18. The minimum atomic E-state index is -0.318. The number of rotatable bonds is 9. The summed E-state index contributed by atoms with van der Waals surface area (Å²) in [6.45, 7) is 0.584. The number of thioether (sulfide) groups is 1. The topological polar surface area (TPSA) is 112 Å². The molecule has 0 aliphatic heterocycles. The van der Waals surface area contributed by atoms with Gasteiger partial charge in [0.2, 0.25) is 11.8 Å². The second-order valence-corrected chi connectivity index (χ2v) is 4.46. The Morgan fingerprint density at radius 1 is 1.13 bits per heavy atom. The van der Waals surface area contributed by atoms with E-state index in [1.165, 1.54) is 11.8 Å². The summed E-state index contributed by atoms with van der Waals surface area (Å²) in [6.07, 6.45) is 1.96. The van der Waals surface area contributed by atoms with Crippen molar-refractivity contribution in [3.63, 3.8) is 0 Å². The summed E-state index contributed by atoms with van der Waals surface area (Å²) in [5.41, 5.74) is 15.5. The lowest BCUT2D eigenvalue weighted by Gasteiger charge is -2.13. The van der Waals surface area contributed by atoms with Gasteiger partial charge in [-0.05, 0) is 31.1 Å². The predicted molar refractivity (Wildman–Crippen MR) is 62.1 cm³/mol. The van der Waals surface area contributed by atoms with Gasteiger partial charge in [0.1, 0.15) is 0 Å². The zero-order chi connectivity index (χ0) is 11.7. The third kappa shape index (κ3) is 9.55. The predicted octanol–water partition coefficient (Wildman–Crippen LogP) is -0.565. The minimum absolute atomic E-state index is 0.295. The molecule has 2 amide bonds. The Morgan fingerprint density at radius 2 is 1.80 bits per heavy atom. The van der Waals surface area contributed by atoms with Gasteiger partial charge in [0.05, 0.1) is 5.75 Å². The van der Waals surface area contributed by atoms with Crippen LogP contribution in [0.1, 0.15) is 19.3 Å². The van der Waals surface area contributed by atoms with Gasteiger partial charge in [0.15, 0.2) is 0 Å². The smallest absolute Gasteiger partial charge is 0.227 e. The Kier molecular flexibility index (Phi) is 8.12. The third-order valence-electron chi connectivity index (χ3n) is 1.97. The fourth-order valence-corrected chi connectivity index (χ4v) is 2.20. The summed E-state index contributed by atoms with van der Waals surface area (Å²) < 4.78 is 0. The Labute approximate surface area is 94.1 Å². The molecular weight excluding hydrogens is 214 g/mol. The zero-order valence-electron chi connectivity index (χ0n) is 8.78. The Morgan fingerprint density at radius 3 is 2.27 bits per heavy atom. The van der Waals surface area contributed by atoms with Gasteiger partial charge in [0, 0.05) is 6.42 Å². The number of primary amides is 2. The number of nitrogens with two attached hydrogens (primary N) is 3. The summed E-state index contributed by atoms with van der Waals surface area (Å²) in [5, 5.41) is 0. The highest BCUT2D eigenvalue weighted by Crippen LogP contribution is 2.16. The van der Waals surface area contributed by atoms with E-state index in [-0.39, 0.29) is 11.8 Å². The van der Waals surface area contributed by atoms with Crippen LogP contribution in [-0.4, -0.2) is 29.9 Å². The van der Waals surface area contributed by atoms with Gasteiger partial charge in [-0.1, -0.05) is 0 Å². The van der Waals surface area contributed by atoms with E-state index in [9.17, 15) is 9.59 Å². The van der Waals surface area contributed by atoms with E-state index in [0.29, 0.717) is 24.6 Å². The first-order valence-corrected chi connectivity index (χ1v) is 6.06. The first kappa shape index (κ1) is 14.2. The summed E-state index contributed by atoms with van der Waals surface area (Å²) in [5.74, 6) is 0.843. The van der Waals surface area contributed by atoms with E-state index in [0.717, 1.165) is 18.6 Å². The zero-order valence-corrected chi connectivity index (χ0v) is 9.59. The maximum Gasteiger partial charge on any atom is 0.227 e. The molecule has 1 atom stereocenters. The van der Waals surface area contributed by atoms with Gasteiger partial charge in [-0.2, -0.15) is 11.8 Å². The van der Waals surface area contributed by atoms with Crippen LogP contribution in [0.4, 0.5) is 0 Å². The molecule has 0 aliphatic carbocycles. The van der Waals surface area contributed by atoms with E-state index < -0.39 is 0 Å². The molecule has 0 rings (SSSR count). The van der Waals surface area contributed by atoms with E-state index in [1.54, 1.807) is 0 Å². The highest BCUT2D eigenvalue weighted by atomic mass is 32.2. The molecule has 0 radical (unpaired) electrons. The molecule has 6 heteroatoms.